The summed E-state index contributed by atoms with van der Waals surface area (Å²) in [4.78, 5) is 12.0. The summed E-state index contributed by atoms with van der Waals surface area (Å²) in [7, 11) is 1.76. The van der Waals surface area contributed by atoms with E-state index in [1.54, 1.807) is 17.9 Å². The lowest BCUT2D eigenvalue weighted by Crippen LogP contribution is -2.68. The lowest BCUT2D eigenvalue weighted by Gasteiger charge is -2.57. The fourth-order valence-corrected chi connectivity index (χ4v) is 2.63. The van der Waals surface area contributed by atoms with E-state index in [0.29, 0.717) is 18.6 Å². The van der Waals surface area contributed by atoms with E-state index >= 15 is 0 Å². The Balaban J connectivity index is 1.93. The number of hydrogen-bond acceptors (Lipinski definition) is 4. The van der Waals surface area contributed by atoms with Crippen molar-refractivity contribution in [2.45, 2.75) is 38.9 Å². The minimum absolute atomic E-state index is 0.0350. The molecule has 1 saturated carbocycles. The number of hydrogen-bond donors (Lipinski definition) is 2. The maximum Gasteiger partial charge on any atom is 0.254 e. The van der Waals surface area contributed by atoms with Gasteiger partial charge in [-0.25, -0.2) is 0 Å². The van der Waals surface area contributed by atoms with Crippen LogP contribution in [0, 0.1) is 5.41 Å². The van der Waals surface area contributed by atoms with Crippen LogP contribution in [0.2, 0.25) is 0 Å². The van der Waals surface area contributed by atoms with Crippen molar-refractivity contribution < 1.29 is 14.6 Å². The summed E-state index contributed by atoms with van der Waals surface area (Å²) in [6, 6.07) is 0. The summed E-state index contributed by atoms with van der Waals surface area (Å²) in [5, 5.41) is 17.4. The van der Waals surface area contributed by atoms with E-state index in [0.717, 1.165) is 0 Å². The first kappa shape index (κ1) is 15.0. The summed E-state index contributed by atoms with van der Waals surface area (Å²) in [6.07, 6.45) is 3.73. The van der Waals surface area contributed by atoms with Crippen LogP contribution < -0.4 is 5.32 Å². The Morgan fingerprint density at radius 2 is 2.35 bits per heavy atom. The third-order valence-electron chi connectivity index (χ3n) is 4.40. The molecule has 1 heterocycles. The van der Waals surface area contributed by atoms with Gasteiger partial charge in [-0.3, -0.25) is 9.48 Å². The zero-order chi connectivity index (χ0) is 15.0. The highest BCUT2D eigenvalue weighted by Crippen LogP contribution is 2.50. The molecule has 0 aliphatic heterocycles. The molecule has 0 spiro atoms. The number of nitrogens with one attached hydrogen (secondary N) is 1. The van der Waals surface area contributed by atoms with Gasteiger partial charge in [0.25, 0.3) is 5.91 Å². The van der Waals surface area contributed by atoms with Crippen LogP contribution in [-0.4, -0.2) is 45.7 Å². The summed E-state index contributed by atoms with van der Waals surface area (Å²) in [6.45, 7) is 6.72. The van der Waals surface area contributed by atoms with Gasteiger partial charge < -0.3 is 15.2 Å². The Bertz CT molecular complexity index is 498. The zero-order valence-corrected chi connectivity index (χ0v) is 12.5. The maximum atomic E-state index is 12.0. The van der Waals surface area contributed by atoms with E-state index in [4.69, 9.17) is 4.74 Å². The number of ether oxygens (including phenoxy) is 1. The van der Waals surface area contributed by atoms with Crippen LogP contribution in [0.5, 0.6) is 0 Å². The van der Waals surface area contributed by atoms with Gasteiger partial charge in [0, 0.05) is 38.2 Å². The quantitative estimate of drug-likeness (QED) is 0.833. The van der Waals surface area contributed by atoms with Gasteiger partial charge in [-0.15, -0.1) is 0 Å². The Kier molecular flexibility index (Phi) is 3.88. The van der Waals surface area contributed by atoms with Gasteiger partial charge in [0.15, 0.2) is 0 Å². The highest BCUT2D eigenvalue weighted by atomic mass is 16.5. The number of aromatic nitrogens is 2. The molecule has 2 rings (SSSR count). The molecule has 2 N–H and O–H groups in total. The number of aliphatic hydroxyl groups is 1. The van der Waals surface area contributed by atoms with Crippen molar-refractivity contribution in [2.24, 2.45) is 12.5 Å². The van der Waals surface area contributed by atoms with Gasteiger partial charge >= 0.3 is 0 Å². The van der Waals surface area contributed by atoms with Crippen molar-refractivity contribution >= 4 is 5.91 Å². The lowest BCUT2D eigenvalue weighted by atomic mass is 9.56. The average Bonchev–Trinajstić information content (AvgIpc) is 2.82. The van der Waals surface area contributed by atoms with Gasteiger partial charge in [0.1, 0.15) is 0 Å². The van der Waals surface area contributed by atoms with Crippen LogP contribution in [0.1, 0.15) is 37.6 Å². The minimum Gasteiger partial charge on any atom is -0.387 e. The fraction of sp³-hybridized carbons (Fsp3) is 0.714. The van der Waals surface area contributed by atoms with Crippen molar-refractivity contribution in [1.29, 1.82) is 0 Å². The molecule has 1 aliphatic carbocycles. The zero-order valence-electron chi connectivity index (χ0n) is 12.5. The van der Waals surface area contributed by atoms with Crippen LogP contribution in [-0.2, 0) is 11.8 Å². The number of rotatable bonds is 5. The summed E-state index contributed by atoms with van der Waals surface area (Å²) < 4.78 is 7.17. The highest BCUT2D eigenvalue weighted by molar-refractivity contribution is 5.93. The number of amides is 1. The summed E-state index contributed by atoms with van der Waals surface area (Å²) in [5.74, 6) is -0.220. The molecule has 1 amide bonds. The smallest absolute Gasteiger partial charge is 0.254 e. The van der Waals surface area contributed by atoms with Crippen molar-refractivity contribution in [3.8, 4) is 0 Å². The van der Waals surface area contributed by atoms with E-state index < -0.39 is 5.60 Å². The molecule has 1 aromatic heterocycles. The van der Waals surface area contributed by atoms with Crippen LogP contribution >= 0.6 is 0 Å². The Labute approximate surface area is 119 Å². The SMILES string of the molecule is CCOC1CC(O)(CNC(=O)c2cnn(C)c2)C1(C)C. The van der Waals surface area contributed by atoms with Gasteiger partial charge in [-0.05, 0) is 6.92 Å². The number of nitrogens with zero attached hydrogens (tertiary/aromatic N) is 2. The van der Waals surface area contributed by atoms with Crippen LogP contribution in [0.15, 0.2) is 12.4 Å². The number of carbonyl (C=O) groups excluding carboxylic acids is 1. The van der Waals surface area contributed by atoms with Crippen LogP contribution in [0.25, 0.3) is 0 Å². The molecule has 112 valence electrons. The molecular weight excluding hydrogens is 258 g/mol. The molecule has 0 radical (unpaired) electrons. The van der Waals surface area contributed by atoms with Crippen molar-refractivity contribution in [1.82, 2.24) is 15.1 Å². The first-order chi connectivity index (χ1) is 9.30. The molecule has 0 aromatic carbocycles. The van der Waals surface area contributed by atoms with E-state index in [-0.39, 0.29) is 24.0 Å². The summed E-state index contributed by atoms with van der Waals surface area (Å²) in [5.41, 5.74) is -0.801. The van der Waals surface area contributed by atoms with Crippen molar-refractivity contribution in [2.75, 3.05) is 13.2 Å². The molecule has 0 bridgehead atoms. The second kappa shape index (κ2) is 5.18. The third kappa shape index (κ3) is 2.45. The Morgan fingerprint density at radius 3 is 2.85 bits per heavy atom. The molecule has 2 unspecified atom stereocenters. The first-order valence-corrected chi connectivity index (χ1v) is 6.91. The lowest BCUT2D eigenvalue weighted by molar-refractivity contribution is -0.237. The molecule has 0 saturated heterocycles. The van der Waals surface area contributed by atoms with Crippen molar-refractivity contribution in [3.63, 3.8) is 0 Å². The van der Waals surface area contributed by atoms with E-state index in [1.807, 2.05) is 20.8 Å². The first-order valence-electron chi connectivity index (χ1n) is 6.91. The largest absolute Gasteiger partial charge is 0.387 e. The molecule has 1 aliphatic rings. The maximum absolute atomic E-state index is 12.0. The number of carbonyl (C=O) groups is 1. The second-order valence-corrected chi connectivity index (χ2v) is 5.99. The van der Waals surface area contributed by atoms with Crippen molar-refractivity contribution in [3.05, 3.63) is 18.0 Å². The van der Waals surface area contributed by atoms with Crippen LogP contribution in [0.4, 0.5) is 0 Å². The predicted molar refractivity (Wildman–Crippen MR) is 74.3 cm³/mol. The Hall–Kier alpha value is -1.40. The third-order valence-corrected chi connectivity index (χ3v) is 4.40. The topological polar surface area (TPSA) is 76.4 Å². The minimum atomic E-state index is -0.926. The standard InChI is InChI=1S/C14H23N3O3/c1-5-20-11-6-14(19,13(11,2)3)9-15-12(18)10-7-16-17(4)8-10/h7-8,11,19H,5-6,9H2,1-4H3,(H,15,18). The van der Waals surface area contributed by atoms with Crippen LogP contribution in [0.3, 0.4) is 0 Å². The molecule has 2 atom stereocenters. The monoisotopic (exact) mass is 281 g/mol. The van der Waals surface area contributed by atoms with Gasteiger partial charge in [-0.1, -0.05) is 13.8 Å². The van der Waals surface area contributed by atoms with E-state index in [1.165, 1.54) is 6.20 Å². The predicted octanol–water partition coefficient (Wildman–Crippen LogP) is 0.716. The highest BCUT2D eigenvalue weighted by Gasteiger charge is 2.59. The summed E-state index contributed by atoms with van der Waals surface area (Å²) >= 11 is 0. The van der Waals surface area contributed by atoms with E-state index in [9.17, 15) is 9.90 Å². The molecule has 1 fully saturated rings. The average molecular weight is 281 g/mol. The molecule has 6 heteroatoms. The molecule has 20 heavy (non-hydrogen) atoms. The molecular formula is C14H23N3O3. The van der Waals surface area contributed by atoms with Gasteiger partial charge in [-0.2, -0.15) is 5.10 Å². The van der Waals surface area contributed by atoms with Gasteiger partial charge in [0.2, 0.25) is 0 Å². The second-order valence-electron chi connectivity index (χ2n) is 5.99. The fourth-order valence-electron chi connectivity index (χ4n) is 2.63. The normalized spacial score (nSPS) is 27.9. The van der Waals surface area contributed by atoms with Gasteiger partial charge in [0.05, 0.1) is 23.5 Å². The molecule has 1 aromatic rings. The Morgan fingerprint density at radius 1 is 1.65 bits per heavy atom. The number of aryl methyl sites for hydroxylation is 1. The van der Waals surface area contributed by atoms with E-state index in [2.05, 4.69) is 10.4 Å². The molecule has 6 nitrogen and oxygen atoms in total.